The summed E-state index contributed by atoms with van der Waals surface area (Å²) in [4.78, 5) is 29.8. The second kappa shape index (κ2) is 9.00. The number of nitrogens with one attached hydrogen (secondary N) is 1. The molecule has 1 atom stereocenters. The molecule has 1 amide bonds. The van der Waals surface area contributed by atoms with Crippen molar-refractivity contribution in [3.8, 4) is 5.69 Å². The number of hydrogen-bond donors (Lipinski definition) is 1. The number of ether oxygens (including phenoxy) is 1. The Kier molecular flexibility index (Phi) is 6.43. The van der Waals surface area contributed by atoms with E-state index in [9.17, 15) is 9.59 Å². The van der Waals surface area contributed by atoms with Crippen molar-refractivity contribution in [1.29, 1.82) is 0 Å². The van der Waals surface area contributed by atoms with Crippen LogP contribution in [-0.2, 0) is 9.53 Å². The third-order valence-corrected chi connectivity index (χ3v) is 5.54. The smallest absolute Gasteiger partial charge is 0.307 e. The fourth-order valence-electron chi connectivity index (χ4n) is 3.07. The average molecular weight is 413 g/mol. The van der Waals surface area contributed by atoms with Crippen molar-refractivity contribution in [2.24, 2.45) is 0 Å². The lowest BCUT2D eigenvalue weighted by molar-refractivity contribution is -0.141. The van der Waals surface area contributed by atoms with E-state index in [0.29, 0.717) is 11.7 Å². The van der Waals surface area contributed by atoms with Crippen LogP contribution in [0.4, 0.5) is 0 Å². The van der Waals surface area contributed by atoms with Gasteiger partial charge in [0.1, 0.15) is 5.82 Å². The lowest BCUT2D eigenvalue weighted by Gasteiger charge is -2.15. The van der Waals surface area contributed by atoms with E-state index < -0.39 is 17.9 Å². The largest absolute Gasteiger partial charge is 0.469 e. The number of aryl methyl sites for hydroxylation is 1. The van der Waals surface area contributed by atoms with Crippen molar-refractivity contribution >= 4 is 23.2 Å². The maximum Gasteiger partial charge on any atom is 0.307 e. The van der Waals surface area contributed by atoms with Crippen LogP contribution >= 0.6 is 11.3 Å². The van der Waals surface area contributed by atoms with Crippen LogP contribution in [0.3, 0.4) is 0 Å². The molecule has 0 aliphatic rings. The van der Waals surface area contributed by atoms with Gasteiger partial charge < -0.3 is 10.1 Å². The Balaban J connectivity index is 1.87. The summed E-state index contributed by atoms with van der Waals surface area (Å²) < 4.78 is 6.45. The molecule has 8 heteroatoms. The first-order valence-electron chi connectivity index (χ1n) is 9.34. The second-order valence-corrected chi connectivity index (χ2v) is 7.91. The number of benzene rings is 1. The molecule has 3 rings (SSSR count). The first kappa shape index (κ1) is 20.7. The molecule has 0 spiro atoms. The van der Waals surface area contributed by atoms with Crippen LogP contribution in [0.15, 0.2) is 41.8 Å². The van der Waals surface area contributed by atoms with Crippen molar-refractivity contribution in [2.45, 2.75) is 39.2 Å². The van der Waals surface area contributed by atoms with Crippen LogP contribution in [0, 0.1) is 6.92 Å². The highest BCUT2D eigenvalue weighted by molar-refractivity contribution is 7.10. The zero-order valence-electron chi connectivity index (χ0n) is 16.9. The van der Waals surface area contributed by atoms with Crippen LogP contribution in [0.5, 0.6) is 0 Å². The first-order valence-corrected chi connectivity index (χ1v) is 10.2. The van der Waals surface area contributed by atoms with Gasteiger partial charge in [-0.25, -0.2) is 9.67 Å². The molecular weight excluding hydrogens is 388 g/mol. The van der Waals surface area contributed by atoms with E-state index in [1.807, 2.05) is 48.7 Å². The highest BCUT2D eigenvalue weighted by Crippen LogP contribution is 2.24. The van der Waals surface area contributed by atoms with E-state index >= 15 is 0 Å². The number of nitrogens with zero attached hydrogens (tertiary/aromatic N) is 3. The maximum atomic E-state index is 12.8. The molecule has 2 heterocycles. The molecule has 1 N–H and O–H groups in total. The summed E-state index contributed by atoms with van der Waals surface area (Å²) in [6, 6.07) is 11.2. The highest BCUT2D eigenvalue weighted by atomic mass is 32.1. The molecule has 0 saturated heterocycles. The fraction of sp³-hybridized carbons (Fsp3) is 0.333. The first-order chi connectivity index (χ1) is 13.9. The van der Waals surface area contributed by atoms with E-state index in [0.717, 1.165) is 16.1 Å². The lowest BCUT2D eigenvalue weighted by atomic mass is 10.0. The minimum absolute atomic E-state index is 0.0403. The third kappa shape index (κ3) is 4.71. The summed E-state index contributed by atoms with van der Waals surface area (Å²) in [6.07, 6.45) is 0.0403. The number of amides is 1. The quantitative estimate of drug-likeness (QED) is 0.597. The number of thiophene rings is 1. The predicted octanol–water partition coefficient (Wildman–Crippen LogP) is 3.79. The minimum Gasteiger partial charge on any atom is -0.469 e. The number of hydrogen-bond acceptors (Lipinski definition) is 6. The highest BCUT2D eigenvalue weighted by Gasteiger charge is 2.24. The molecule has 1 aromatic carbocycles. The molecule has 0 radical (unpaired) electrons. The molecule has 3 aromatic rings. The predicted molar refractivity (Wildman–Crippen MR) is 111 cm³/mol. The van der Waals surface area contributed by atoms with Crippen LogP contribution in [0.2, 0.25) is 0 Å². The Labute approximate surface area is 173 Å². The number of rotatable bonds is 7. The molecule has 0 aliphatic carbocycles. The number of methoxy groups -OCH3 is 1. The molecule has 29 heavy (non-hydrogen) atoms. The number of esters is 1. The van der Waals surface area contributed by atoms with Gasteiger partial charge in [0.25, 0.3) is 5.91 Å². The van der Waals surface area contributed by atoms with Crippen LogP contribution in [-0.4, -0.2) is 33.8 Å². The Morgan fingerprint density at radius 3 is 2.62 bits per heavy atom. The Bertz CT molecular complexity index is 995. The Hall–Kier alpha value is -3.00. The van der Waals surface area contributed by atoms with Crippen LogP contribution < -0.4 is 5.32 Å². The van der Waals surface area contributed by atoms with E-state index in [1.54, 1.807) is 4.68 Å². The van der Waals surface area contributed by atoms with Crippen LogP contribution in [0.1, 0.15) is 59.1 Å². The molecule has 0 fully saturated rings. The minimum atomic E-state index is -0.495. The normalized spacial score (nSPS) is 12.0. The molecular formula is C21H24N4O3S. The van der Waals surface area contributed by atoms with Gasteiger partial charge in [-0.05, 0) is 35.9 Å². The van der Waals surface area contributed by atoms with Crippen molar-refractivity contribution in [3.63, 3.8) is 0 Å². The second-order valence-electron chi connectivity index (χ2n) is 6.93. The summed E-state index contributed by atoms with van der Waals surface area (Å²) in [7, 11) is 1.33. The van der Waals surface area contributed by atoms with E-state index in [2.05, 4.69) is 29.2 Å². The number of aromatic nitrogens is 3. The summed E-state index contributed by atoms with van der Waals surface area (Å²) in [5.41, 5.74) is 2.02. The van der Waals surface area contributed by atoms with Gasteiger partial charge in [0.15, 0.2) is 0 Å². The van der Waals surface area contributed by atoms with Crippen molar-refractivity contribution in [2.75, 3.05) is 7.11 Å². The van der Waals surface area contributed by atoms with Crippen molar-refractivity contribution in [3.05, 3.63) is 63.9 Å². The van der Waals surface area contributed by atoms with Crippen molar-refractivity contribution in [1.82, 2.24) is 20.1 Å². The van der Waals surface area contributed by atoms with Gasteiger partial charge in [0.05, 0.1) is 25.3 Å². The summed E-state index contributed by atoms with van der Waals surface area (Å²) in [6.45, 7) is 6.03. The number of para-hydroxylation sites is 1. The monoisotopic (exact) mass is 412 g/mol. The Morgan fingerprint density at radius 1 is 1.21 bits per heavy atom. The summed E-state index contributed by atoms with van der Waals surface area (Å²) in [5, 5.41) is 9.19. The van der Waals surface area contributed by atoms with Gasteiger partial charge in [-0.15, -0.1) is 16.4 Å². The lowest BCUT2D eigenvalue weighted by Crippen LogP contribution is -2.31. The van der Waals surface area contributed by atoms with E-state index in [4.69, 9.17) is 4.74 Å². The van der Waals surface area contributed by atoms with Crippen LogP contribution in [0.25, 0.3) is 5.69 Å². The number of carbonyl (C=O) groups is 2. The standard InChI is InChI=1S/C21H24N4O3S/c1-13(2)15-8-5-6-9-17(15)25-14(3)22-20(24-25)21(27)23-16(12-19(26)28-4)18-10-7-11-29-18/h5-11,13,16H,12H2,1-4H3,(H,23,27). The molecule has 7 nitrogen and oxygen atoms in total. The average Bonchev–Trinajstić information content (AvgIpc) is 3.37. The SMILES string of the molecule is COC(=O)CC(NC(=O)c1nc(C)n(-c2ccccc2C(C)C)n1)c1cccs1. The van der Waals surface area contributed by atoms with Gasteiger partial charge >= 0.3 is 5.97 Å². The molecule has 1 unspecified atom stereocenters. The summed E-state index contributed by atoms with van der Waals surface area (Å²) >= 11 is 1.46. The zero-order valence-corrected chi connectivity index (χ0v) is 17.7. The van der Waals surface area contributed by atoms with Gasteiger partial charge in [-0.3, -0.25) is 9.59 Å². The third-order valence-electron chi connectivity index (χ3n) is 4.55. The van der Waals surface area contributed by atoms with E-state index in [1.165, 1.54) is 18.4 Å². The fourth-order valence-corrected chi connectivity index (χ4v) is 3.85. The molecule has 2 aromatic heterocycles. The van der Waals surface area contributed by atoms with Crippen molar-refractivity contribution < 1.29 is 14.3 Å². The maximum absolute atomic E-state index is 12.8. The molecule has 0 saturated carbocycles. The molecule has 152 valence electrons. The molecule has 0 aliphatic heterocycles. The topological polar surface area (TPSA) is 86.1 Å². The molecule has 0 bridgehead atoms. The van der Waals surface area contributed by atoms with Gasteiger partial charge in [-0.1, -0.05) is 38.1 Å². The number of carbonyl (C=O) groups excluding carboxylic acids is 2. The van der Waals surface area contributed by atoms with Gasteiger partial charge in [-0.2, -0.15) is 0 Å². The summed E-state index contributed by atoms with van der Waals surface area (Å²) in [5.74, 6) is 0.145. The zero-order chi connectivity index (χ0) is 21.0. The van der Waals surface area contributed by atoms with Gasteiger partial charge in [0, 0.05) is 4.88 Å². The Morgan fingerprint density at radius 2 is 1.97 bits per heavy atom. The van der Waals surface area contributed by atoms with E-state index in [-0.39, 0.29) is 12.2 Å². The van der Waals surface area contributed by atoms with Gasteiger partial charge in [0.2, 0.25) is 5.82 Å².